The Morgan fingerprint density at radius 2 is 1.71 bits per heavy atom. The van der Waals surface area contributed by atoms with Gasteiger partial charge in [0.15, 0.2) is 0 Å². The average molecular weight is 204 g/mol. The maximum Gasteiger partial charge on any atom is 0.314 e. The fraction of sp³-hybridized carbons (Fsp3) is 0.625. The molecule has 0 aliphatic carbocycles. The molecule has 0 aromatic heterocycles. The van der Waals surface area contributed by atoms with Gasteiger partial charge in [0, 0.05) is 0 Å². The first-order valence-corrected chi connectivity index (χ1v) is 3.97. The maximum absolute atomic E-state index is 10.8. The van der Waals surface area contributed by atoms with Crippen LogP contribution in [0.1, 0.15) is 19.8 Å². The molecule has 0 rings (SSSR count). The molecule has 0 aromatic rings. The zero-order valence-corrected chi connectivity index (χ0v) is 7.64. The van der Waals surface area contributed by atoms with Gasteiger partial charge in [-0.3, -0.25) is 14.4 Å². The van der Waals surface area contributed by atoms with Gasteiger partial charge in [-0.2, -0.15) is 0 Å². The number of rotatable bonds is 6. The fourth-order valence-corrected chi connectivity index (χ4v) is 0.998. The molecule has 80 valence electrons. The van der Waals surface area contributed by atoms with E-state index in [9.17, 15) is 14.4 Å². The largest absolute Gasteiger partial charge is 0.481 e. The van der Waals surface area contributed by atoms with Gasteiger partial charge in [0.2, 0.25) is 0 Å². The Balaban J connectivity index is 4.23. The predicted molar refractivity (Wildman–Crippen MR) is 44.7 cm³/mol. The first-order valence-electron chi connectivity index (χ1n) is 3.97. The number of ketones is 1. The van der Waals surface area contributed by atoms with E-state index in [1.807, 2.05) is 0 Å². The van der Waals surface area contributed by atoms with Gasteiger partial charge in [-0.25, -0.2) is 0 Å². The van der Waals surface area contributed by atoms with Gasteiger partial charge in [0.1, 0.15) is 11.7 Å². The van der Waals surface area contributed by atoms with Crippen LogP contribution in [0.4, 0.5) is 0 Å². The minimum Gasteiger partial charge on any atom is -0.481 e. The first-order chi connectivity index (χ1) is 6.34. The molecule has 0 aliphatic rings. The second kappa shape index (κ2) is 5.33. The van der Waals surface area contributed by atoms with Crippen LogP contribution in [-0.4, -0.2) is 39.1 Å². The van der Waals surface area contributed by atoms with Gasteiger partial charge < -0.3 is 15.3 Å². The molecule has 0 bridgehead atoms. The summed E-state index contributed by atoms with van der Waals surface area (Å²) in [6.45, 7) is 1.09. The van der Waals surface area contributed by atoms with Crippen LogP contribution in [0.3, 0.4) is 0 Å². The number of carboxylic acid groups (broad SMARTS) is 2. The Kier molecular flexibility index (Phi) is 4.79. The third kappa shape index (κ3) is 4.56. The summed E-state index contributed by atoms with van der Waals surface area (Å²) >= 11 is 0. The molecule has 0 spiro atoms. The summed E-state index contributed by atoms with van der Waals surface area (Å²) in [5, 5.41) is 25.9. The van der Waals surface area contributed by atoms with Crippen molar-refractivity contribution in [3.8, 4) is 0 Å². The van der Waals surface area contributed by atoms with E-state index in [4.69, 9.17) is 15.3 Å². The monoisotopic (exact) mass is 204 g/mol. The molecule has 0 fully saturated rings. The van der Waals surface area contributed by atoms with Crippen molar-refractivity contribution in [3.63, 3.8) is 0 Å². The third-order valence-electron chi connectivity index (χ3n) is 1.71. The molecule has 0 heterocycles. The minimum absolute atomic E-state index is 0.364. The van der Waals surface area contributed by atoms with Crippen molar-refractivity contribution in [1.82, 2.24) is 0 Å². The van der Waals surface area contributed by atoms with Gasteiger partial charge in [-0.05, 0) is 13.3 Å². The van der Waals surface area contributed by atoms with Crippen LogP contribution < -0.4 is 0 Å². The minimum atomic E-state index is -1.35. The average Bonchev–Trinajstić information content (AvgIpc) is 1.97. The van der Waals surface area contributed by atoms with Crippen molar-refractivity contribution < 1.29 is 29.7 Å². The second-order valence-corrected chi connectivity index (χ2v) is 2.99. The highest BCUT2D eigenvalue weighted by Gasteiger charge is 2.26. The van der Waals surface area contributed by atoms with E-state index >= 15 is 0 Å². The molecule has 0 saturated heterocycles. The lowest BCUT2D eigenvalue weighted by atomic mass is 9.96. The molecular formula is C8H12O6. The molecule has 6 nitrogen and oxygen atoms in total. The van der Waals surface area contributed by atoms with Gasteiger partial charge in [0.05, 0.1) is 12.5 Å². The molecule has 0 amide bonds. The van der Waals surface area contributed by atoms with Crippen LogP contribution in [0, 0.1) is 5.92 Å². The SMILES string of the molecule is CC(=O)C(CC(O)CC(=O)O)C(=O)O. The highest BCUT2D eigenvalue weighted by atomic mass is 16.4. The number of aliphatic hydroxyl groups is 1. The number of carboxylic acids is 2. The Labute approximate surface area is 80.2 Å². The summed E-state index contributed by atoms with van der Waals surface area (Å²) in [5.74, 6) is -4.50. The smallest absolute Gasteiger partial charge is 0.314 e. The zero-order chi connectivity index (χ0) is 11.3. The van der Waals surface area contributed by atoms with E-state index in [1.165, 1.54) is 0 Å². The van der Waals surface area contributed by atoms with Crippen molar-refractivity contribution in [1.29, 1.82) is 0 Å². The highest BCUT2D eigenvalue weighted by molar-refractivity contribution is 5.96. The van der Waals surface area contributed by atoms with Crippen LogP contribution in [0.5, 0.6) is 0 Å². The number of hydrogen-bond donors (Lipinski definition) is 3. The summed E-state index contributed by atoms with van der Waals surface area (Å²) in [7, 11) is 0. The molecule has 0 saturated carbocycles. The summed E-state index contributed by atoms with van der Waals surface area (Å²) < 4.78 is 0. The van der Waals surface area contributed by atoms with Gasteiger partial charge >= 0.3 is 11.9 Å². The predicted octanol–water partition coefficient (Wildman–Crippen LogP) is -0.498. The first kappa shape index (κ1) is 12.6. The molecule has 2 atom stereocenters. The second-order valence-electron chi connectivity index (χ2n) is 2.99. The lowest BCUT2D eigenvalue weighted by molar-refractivity contribution is -0.149. The van der Waals surface area contributed by atoms with Crippen LogP contribution in [-0.2, 0) is 14.4 Å². The summed E-state index contributed by atoms with van der Waals surface area (Å²) in [5.41, 5.74) is 0. The Hall–Kier alpha value is -1.43. The van der Waals surface area contributed by atoms with Gasteiger partial charge in [-0.1, -0.05) is 0 Å². The van der Waals surface area contributed by atoms with Gasteiger partial charge in [-0.15, -0.1) is 0 Å². The number of aliphatic hydroxyl groups excluding tert-OH is 1. The molecule has 14 heavy (non-hydrogen) atoms. The number of carbonyl (C=O) groups is 3. The lowest BCUT2D eigenvalue weighted by Crippen LogP contribution is -2.27. The van der Waals surface area contributed by atoms with E-state index in [-0.39, 0.29) is 6.42 Å². The van der Waals surface area contributed by atoms with Crippen LogP contribution in [0.2, 0.25) is 0 Å². The Morgan fingerprint density at radius 3 is 2.00 bits per heavy atom. The van der Waals surface area contributed by atoms with Gasteiger partial charge in [0.25, 0.3) is 0 Å². The van der Waals surface area contributed by atoms with Crippen molar-refractivity contribution in [3.05, 3.63) is 0 Å². The Morgan fingerprint density at radius 1 is 1.21 bits per heavy atom. The van der Waals surface area contributed by atoms with E-state index in [0.29, 0.717) is 0 Å². The summed E-state index contributed by atoms with van der Waals surface area (Å²) in [6.07, 6.45) is -2.23. The van der Waals surface area contributed by atoms with E-state index < -0.39 is 36.2 Å². The maximum atomic E-state index is 10.8. The van der Waals surface area contributed by atoms with Crippen molar-refractivity contribution in [2.45, 2.75) is 25.9 Å². The number of Topliss-reactive ketones (excluding diaryl/α,β-unsaturated/α-hetero) is 1. The number of aliphatic carboxylic acids is 2. The quantitative estimate of drug-likeness (QED) is 0.503. The molecule has 3 N–H and O–H groups in total. The van der Waals surface area contributed by atoms with E-state index in [0.717, 1.165) is 6.92 Å². The zero-order valence-electron chi connectivity index (χ0n) is 7.64. The summed E-state index contributed by atoms with van der Waals surface area (Å²) in [6, 6.07) is 0. The molecule has 0 aliphatic heterocycles. The van der Waals surface area contributed by atoms with E-state index in [1.54, 1.807) is 0 Å². The molecule has 0 radical (unpaired) electrons. The summed E-state index contributed by atoms with van der Waals surface area (Å²) in [4.78, 5) is 31.4. The van der Waals surface area contributed by atoms with Crippen LogP contribution >= 0.6 is 0 Å². The third-order valence-corrected chi connectivity index (χ3v) is 1.71. The lowest BCUT2D eigenvalue weighted by Gasteiger charge is -2.12. The fourth-order valence-electron chi connectivity index (χ4n) is 0.998. The molecule has 2 unspecified atom stereocenters. The van der Waals surface area contributed by atoms with Crippen molar-refractivity contribution in [2.24, 2.45) is 5.92 Å². The topological polar surface area (TPSA) is 112 Å². The van der Waals surface area contributed by atoms with E-state index in [2.05, 4.69) is 0 Å². The van der Waals surface area contributed by atoms with Crippen LogP contribution in [0.25, 0.3) is 0 Å². The number of carbonyl (C=O) groups excluding carboxylic acids is 1. The van der Waals surface area contributed by atoms with Crippen LogP contribution in [0.15, 0.2) is 0 Å². The molecular weight excluding hydrogens is 192 g/mol. The highest BCUT2D eigenvalue weighted by Crippen LogP contribution is 2.11. The van der Waals surface area contributed by atoms with Crippen molar-refractivity contribution >= 4 is 17.7 Å². The number of hydrogen-bond acceptors (Lipinski definition) is 4. The standard InChI is InChI=1S/C8H12O6/c1-4(9)6(8(13)14)2-5(10)3-7(11)12/h5-6,10H,2-3H2,1H3,(H,11,12)(H,13,14). The molecule has 0 aromatic carbocycles. The molecule has 6 heteroatoms. The normalized spacial score (nSPS) is 14.4. The Bertz CT molecular complexity index is 232. The van der Waals surface area contributed by atoms with Crippen molar-refractivity contribution in [2.75, 3.05) is 0 Å².